The standard InChI is InChI=1S/C29H24FN3O2S2/c1-19(2)33-28(34)26(37-29(33)36)16-22-17-32(24-6-4-3-5-7-24)31-27(22)21-10-14-25(15-11-21)35-18-20-8-12-23(30)13-9-20/h3-17,19H,18H2,1-2H3. The second-order valence-corrected chi connectivity index (χ2v) is 10.5. The lowest BCUT2D eigenvalue weighted by atomic mass is 10.1. The van der Waals surface area contributed by atoms with Gasteiger partial charge in [0.15, 0.2) is 0 Å². The van der Waals surface area contributed by atoms with Gasteiger partial charge in [0.2, 0.25) is 0 Å². The summed E-state index contributed by atoms with van der Waals surface area (Å²) in [6.07, 6.45) is 3.79. The SMILES string of the molecule is CC(C)N1C(=O)C(=Cc2cn(-c3ccccc3)nc2-c2ccc(OCc3ccc(F)cc3)cc2)SC1=S. The number of hydrogen-bond acceptors (Lipinski definition) is 5. The molecule has 1 aliphatic heterocycles. The molecule has 1 fully saturated rings. The number of thioether (sulfide) groups is 1. The number of ether oxygens (including phenoxy) is 1. The van der Waals surface area contributed by atoms with Gasteiger partial charge in [-0.15, -0.1) is 0 Å². The van der Waals surface area contributed by atoms with Crippen LogP contribution in [-0.2, 0) is 11.4 Å². The molecule has 4 aromatic rings. The highest BCUT2D eigenvalue weighted by atomic mass is 32.2. The Morgan fingerprint density at radius 1 is 1.03 bits per heavy atom. The van der Waals surface area contributed by atoms with Crippen molar-refractivity contribution < 1.29 is 13.9 Å². The summed E-state index contributed by atoms with van der Waals surface area (Å²) in [5.41, 5.74) is 4.23. The second-order valence-electron chi connectivity index (χ2n) is 8.80. The van der Waals surface area contributed by atoms with Gasteiger partial charge < -0.3 is 4.74 Å². The number of amides is 1. The maximum absolute atomic E-state index is 13.1. The number of nitrogens with zero attached hydrogens (tertiary/aromatic N) is 3. The predicted molar refractivity (Wildman–Crippen MR) is 150 cm³/mol. The molecular weight excluding hydrogens is 505 g/mol. The Labute approximate surface area is 224 Å². The summed E-state index contributed by atoms with van der Waals surface area (Å²) in [7, 11) is 0. The zero-order valence-electron chi connectivity index (χ0n) is 20.3. The first-order valence-electron chi connectivity index (χ1n) is 11.8. The van der Waals surface area contributed by atoms with Crippen LogP contribution in [0, 0.1) is 5.82 Å². The Hall–Kier alpha value is -3.75. The van der Waals surface area contributed by atoms with Crippen LogP contribution in [0.1, 0.15) is 25.0 Å². The van der Waals surface area contributed by atoms with Crippen LogP contribution in [0.3, 0.4) is 0 Å². The van der Waals surface area contributed by atoms with Crippen LogP contribution in [0.2, 0.25) is 0 Å². The summed E-state index contributed by atoms with van der Waals surface area (Å²) in [6.45, 7) is 4.24. The minimum atomic E-state index is -0.273. The Bertz CT molecular complexity index is 1460. The van der Waals surface area contributed by atoms with E-state index >= 15 is 0 Å². The molecule has 1 aromatic heterocycles. The fraction of sp³-hybridized carbons (Fsp3) is 0.138. The molecule has 1 saturated heterocycles. The number of thiocarbonyl (C=S) groups is 1. The van der Waals surface area contributed by atoms with Crippen molar-refractivity contribution in [2.45, 2.75) is 26.5 Å². The fourth-order valence-electron chi connectivity index (χ4n) is 3.95. The zero-order chi connectivity index (χ0) is 25.9. The average molecular weight is 530 g/mol. The van der Waals surface area contributed by atoms with Gasteiger partial charge in [0.25, 0.3) is 5.91 Å². The van der Waals surface area contributed by atoms with E-state index < -0.39 is 0 Å². The van der Waals surface area contributed by atoms with Gasteiger partial charge in [-0.2, -0.15) is 5.10 Å². The number of halogens is 1. The molecule has 0 aliphatic carbocycles. The second kappa shape index (κ2) is 10.7. The van der Waals surface area contributed by atoms with Crippen molar-refractivity contribution in [1.29, 1.82) is 0 Å². The quantitative estimate of drug-likeness (QED) is 0.193. The maximum Gasteiger partial charge on any atom is 0.266 e. The smallest absolute Gasteiger partial charge is 0.266 e. The van der Waals surface area contributed by atoms with E-state index in [1.54, 1.807) is 17.0 Å². The molecule has 5 nitrogen and oxygen atoms in total. The summed E-state index contributed by atoms with van der Waals surface area (Å²) in [5, 5.41) is 4.85. The topological polar surface area (TPSA) is 47.4 Å². The molecule has 186 valence electrons. The minimum absolute atomic E-state index is 0.00707. The first-order chi connectivity index (χ1) is 17.9. The minimum Gasteiger partial charge on any atom is -0.489 e. The van der Waals surface area contributed by atoms with Crippen molar-refractivity contribution in [2.24, 2.45) is 0 Å². The van der Waals surface area contributed by atoms with E-state index in [0.29, 0.717) is 21.6 Å². The van der Waals surface area contributed by atoms with Crippen molar-refractivity contribution in [1.82, 2.24) is 14.7 Å². The van der Waals surface area contributed by atoms with Crippen LogP contribution in [-0.4, -0.2) is 30.9 Å². The Kier molecular flexibility index (Phi) is 7.21. The van der Waals surface area contributed by atoms with Gasteiger partial charge >= 0.3 is 0 Å². The average Bonchev–Trinajstić information content (AvgIpc) is 3.44. The molecule has 2 heterocycles. The molecule has 0 unspecified atom stereocenters. The summed E-state index contributed by atoms with van der Waals surface area (Å²) in [6, 6.07) is 23.7. The maximum atomic E-state index is 13.1. The van der Waals surface area contributed by atoms with Crippen LogP contribution in [0.25, 0.3) is 23.0 Å². The summed E-state index contributed by atoms with van der Waals surface area (Å²) in [4.78, 5) is 15.2. The van der Waals surface area contributed by atoms with Gasteiger partial charge in [-0.3, -0.25) is 9.69 Å². The van der Waals surface area contributed by atoms with Crippen LogP contribution in [0.4, 0.5) is 4.39 Å². The highest BCUT2D eigenvalue weighted by molar-refractivity contribution is 8.26. The molecule has 0 atom stereocenters. The normalized spacial score (nSPS) is 14.7. The molecular formula is C29H24FN3O2S2. The van der Waals surface area contributed by atoms with E-state index in [1.807, 2.05) is 85.4 Å². The van der Waals surface area contributed by atoms with Gasteiger partial charge in [0, 0.05) is 23.4 Å². The Morgan fingerprint density at radius 3 is 2.38 bits per heavy atom. The van der Waals surface area contributed by atoms with Crippen molar-refractivity contribution in [3.8, 4) is 22.7 Å². The van der Waals surface area contributed by atoms with Gasteiger partial charge in [-0.25, -0.2) is 9.07 Å². The lowest BCUT2D eigenvalue weighted by Crippen LogP contribution is -2.34. The van der Waals surface area contributed by atoms with E-state index in [0.717, 1.165) is 28.1 Å². The molecule has 0 saturated carbocycles. The number of rotatable bonds is 7. The van der Waals surface area contributed by atoms with Crippen molar-refractivity contribution >= 4 is 40.3 Å². The van der Waals surface area contributed by atoms with Crippen molar-refractivity contribution in [3.05, 3.63) is 107 Å². The molecule has 0 N–H and O–H groups in total. The van der Waals surface area contributed by atoms with E-state index in [-0.39, 0.29) is 17.8 Å². The monoisotopic (exact) mass is 529 g/mol. The number of carbonyl (C=O) groups excluding carboxylic acids is 1. The molecule has 0 bridgehead atoms. The lowest BCUT2D eigenvalue weighted by Gasteiger charge is -2.18. The van der Waals surface area contributed by atoms with E-state index in [4.69, 9.17) is 22.1 Å². The van der Waals surface area contributed by atoms with Crippen molar-refractivity contribution in [3.63, 3.8) is 0 Å². The van der Waals surface area contributed by atoms with Gasteiger partial charge in [-0.05, 0) is 74.0 Å². The van der Waals surface area contributed by atoms with Gasteiger partial charge in [-0.1, -0.05) is 54.3 Å². The Morgan fingerprint density at radius 2 is 1.73 bits per heavy atom. The van der Waals surface area contributed by atoms with E-state index in [2.05, 4.69) is 0 Å². The zero-order valence-corrected chi connectivity index (χ0v) is 21.9. The molecule has 0 spiro atoms. The molecule has 3 aromatic carbocycles. The molecule has 1 amide bonds. The first-order valence-corrected chi connectivity index (χ1v) is 13.0. The third kappa shape index (κ3) is 5.50. The Balaban J connectivity index is 1.45. The van der Waals surface area contributed by atoms with Crippen LogP contribution >= 0.6 is 24.0 Å². The van der Waals surface area contributed by atoms with Crippen LogP contribution in [0.5, 0.6) is 5.75 Å². The molecule has 5 rings (SSSR count). The number of para-hydroxylation sites is 1. The summed E-state index contributed by atoms with van der Waals surface area (Å²) in [5.74, 6) is 0.327. The van der Waals surface area contributed by atoms with Gasteiger partial charge in [0.1, 0.15) is 22.5 Å². The number of carbonyl (C=O) groups is 1. The third-order valence-corrected chi connectivity index (χ3v) is 7.17. The predicted octanol–water partition coefficient (Wildman–Crippen LogP) is 6.87. The van der Waals surface area contributed by atoms with E-state index in [1.165, 1.54) is 23.9 Å². The molecule has 1 aliphatic rings. The number of hydrogen-bond donors (Lipinski definition) is 0. The molecule has 37 heavy (non-hydrogen) atoms. The molecule has 0 radical (unpaired) electrons. The number of aromatic nitrogens is 2. The highest BCUT2D eigenvalue weighted by Crippen LogP contribution is 2.36. The molecule has 8 heteroatoms. The largest absolute Gasteiger partial charge is 0.489 e. The summed E-state index contributed by atoms with van der Waals surface area (Å²) >= 11 is 6.76. The highest BCUT2D eigenvalue weighted by Gasteiger charge is 2.34. The first kappa shape index (κ1) is 24.9. The third-order valence-electron chi connectivity index (χ3n) is 5.84. The number of benzene rings is 3. The van der Waals surface area contributed by atoms with Crippen LogP contribution in [0.15, 0.2) is 90.0 Å². The lowest BCUT2D eigenvalue weighted by molar-refractivity contribution is -0.123. The van der Waals surface area contributed by atoms with Crippen LogP contribution < -0.4 is 4.74 Å². The van der Waals surface area contributed by atoms with Gasteiger partial charge in [0.05, 0.1) is 16.3 Å². The fourth-order valence-corrected chi connectivity index (χ4v) is 5.47. The summed E-state index contributed by atoms with van der Waals surface area (Å²) < 4.78 is 21.4. The van der Waals surface area contributed by atoms with E-state index in [9.17, 15) is 9.18 Å². The van der Waals surface area contributed by atoms with Crippen molar-refractivity contribution in [2.75, 3.05) is 0 Å².